The molecule has 23 heavy (non-hydrogen) atoms. The SMILES string of the molecule is C[C@H](OC(=O)c1ccc2ccccc2c1O)C(=O)NC(C)(C)C. The van der Waals surface area contributed by atoms with Crippen molar-refractivity contribution in [1.29, 1.82) is 0 Å². The Kier molecular flexibility index (Phi) is 4.59. The van der Waals surface area contributed by atoms with E-state index >= 15 is 0 Å². The largest absolute Gasteiger partial charge is 0.506 e. The van der Waals surface area contributed by atoms with Gasteiger partial charge in [0.15, 0.2) is 6.10 Å². The molecular weight excluding hydrogens is 294 g/mol. The van der Waals surface area contributed by atoms with Crippen molar-refractivity contribution in [1.82, 2.24) is 5.32 Å². The molecule has 0 radical (unpaired) electrons. The lowest BCUT2D eigenvalue weighted by Crippen LogP contribution is -2.46. The maximum absolute atomic E-state index is 12.2. The Hall–Kier alpha value is -2.56. The Balaban J connectivity index is 2.18. The van der Waals surface area contributed by atoms with Gasteiger partial charge in [-0.1, -0.05) is 30.3 Å². The molecule has 0 aliphatic rings. The number of aromatic hydroxyl groups is 1. The number of rotatable bonds is 3. The van der Waals surface area contributed by atoms with Gasteiger partial charge in [0.25, 0.3) is 5.91 Å². The zero-order chi connectivity index (χ0) is 17.2. The molecule has 0 bridgehead atoms. The number of carbonyl (C=O) groups is 2. The Morgan fingerprint density at radius 3 is 2.43 bits per heavy atom. The second kappa shape index (κ2) is 6.28. The van der Waals surface area contributed by atoms with Gasteiger partial charge >= 0.3 is 5.97 Å². The predicted molar refractivity (Wildman–Crippen MR) is 88.4 cm³/mol. The van der Waals surface area contributed by atoms with E-state index in [0.717, 1.165) is 5.39 Å². The molecule has 1 amide bonds. The van der Waals surface area contributed by atoms with Gasteiger partial charge in [-0.25, -0.2) is 4.79 Å². The van der Waals surface area contributed by atoms with Crippen LogP contribution in [-0.2, 0) is 9.53 Å². The third kappa shape index (κ3) is 4.00. The van der Waals surface area contributed by atoms with Gasteiger partial charge in [0.05, 0.1) is 0 Å². The van der Waals surface area contributed by atoms with E-state index in [1.807, 2.05) is 32.9 Å². The highest BCUT2D eigenvalue weighted by atomic mass is 16.5. The number of carbonyl (C=O) groups excluding carboxylic acids is 2. The molecule has 0 saturated heterocycles. The monoisotopic (exact) mass is 315 g/mol. The summed E-state index contributed by atoms with van der Waals surface area (Å²) >= 11 is 0. The summed E-state index contributed by atoms with van der Waals surface area (Å²) in [5.41, 5.74) is -0.373. The van der Waals surface area contributed by atoms with Gasteiger partial charge in [-0.05, 0) is 39.1 Å². The molecule has 0 fully saturated rings. The van der Waals surface area contributed by atoms with Crippen molar-refractivity contribution in [3.63, 3.8) is 0 Å². The average Bonchev–Trinajstić information content (AvgIpc) is 2.46. The average molecular weight is 315 g/mol. The molecule has 0 aliphatic carbocycles. The van der Waals surface area contributed by atoms with E-state index in [1.54, 1.807) is 18.2 Å². The van der Waals surface area contributed by atoms with Crippen LogP contribution in [-0.4, -0.2) is 28.6 Å². The minimum absolute atomic E-state index is 0.0408. The maximum atomic E-state index is 12.2. The van der Waals surface area contributed by atoms with Crippen LogP contribution >= 0.6 is 0 Å². The predicted octanol–water partition coefficient (Wildman–Crippen LogP) is 3.01. The van der Waals surface area contributed by atoms with Crippen molar-refractivity contribution >= 4 is 22.6 Å². The van der Waals surface area contributed by atoms with E-state index < -0.39 is 17.6 Å². The quantitative estimate of drug-likeness (QED) is 0.854. The number of fused-ring (bicyclic) bond motifs is 1. The van der Waals surface area contributed by atoms with Crippen LogP contribution in [0.25, 0.3) is 10.8 Å². The molecule has 0 unspecified atom stereocenters. The molecule has 0 aliphatic heterocycles. The van der Waals surface area contributed by atoms with Crippen LogP contribution in [0.3, 0.4) is 0 Å². The number of hydrogen-bond donors (Lipinski definition) is 2. The Bertz CT molecular complexity index is 746. The van der Waals surface area contributed by atoms with Gasteiger partial charge in [-0.15, -0.1) is 0 Å². The number of hydrogen-bond acceptors (Lipinski definition) is 4. The first kappa shape index (κ1) is 16.8. The lowest BCUT2D eigenvalue weighted by Gasteiger charge is -2.23. The number of esters is 1. The van der Waals surface area contributed by atoms with Gasteiger partial charge in [0.1, 0.15) is 11.3 Å². The van der Waals surface area contributed by atoms with Crippen LogP contribution in [0.4, 0.5) is 0 Å². The lowest BCUT2D eigenvalue weighted by molar-refractivity contribution is -0.130. The Morgan fingerprint density at radius 1 is 1.13 bits per heavy atom. The normalized spacial score (nSPS) is 12.7. The van der Waals surface area contributed by atoms with E-state index in [9.17, 15) is 14.7 Å². The summed E-state index contributed by atoms with van der Waals surface area (Å²) in [4.78, 5) is 24.2. The van der Waals surface area contributed by atoms with Gasteiger partial charge in [0, 0.05) is 10.9 Å². The van der Waals surface area contributed by atoms with Crippen LogP contribution < -0.4 is 5.32 Å². The second-order valence-corrected chi connectivity index (χ2v) is 6.47. The van der Waals surface area contributed by atoms with E-state index in [-0.39, 0.29) is 17.2 Å². The molecule has 2 aromatic carbocycles. The van der Waals surface area contributed by atoms with Crippen molar-refractivity contribution in [2.24, 2.45) is 0 Å². The summed E-state index contributed by atoms with van der Waals surface area (Å²) in [5, 5.41) is 14.4. The van der Waals surface area contributed by atoms with Gasteiger partial charge in [-0.3, -0.25) is 4.79 Å². The van der Waals surface area contributed by atoms with E-state index in [1.165, 1.54) is 13.0 Å². The van der Waals surface area contributed by atoms with Crippen molar-refractivity contribution in [2.45, 2.75) is 39.3 Å². The highest BCUT2D eigenvalue weighted by Gasteiger charge is 2.24. The third-order valence-electron chi connectivity index (χ3n) is 3.27. The van der Waals surface area contributed by atoms with Crippen LogP contribution in [0, 0.1) is 0 Å². The summed E-state index contributed by atoms with van der Waals surface area (Å²) < 4.78 is 5.16. The fourth-order valence-corrected chi connectivity index (χ4v) is 2.17. The molecule has 0 spiro atoms. The Morgan fingerprint density at radius 2 is 1.78 bits per heavy atom. The second-order valence-electron chi connectivity index (χ2n) is 6.47. The van der Waals surface area contributed by atoms with Gasteiger partial charge in [0.2, 0.25) is 0 Å². The lowest BCUT2D eigenvalue weighted by atomic mass is 10.1. The van der Waals surface area contributed by atoms with Crippen molar-refractivity contribution in [2.75, 3.05) is 0 Å². The standard InChI is InChI=1S/C18H21NO4/c1-11(16(21)19-18(2,3)4)23-17(22)14-10-9-12-7-5-6-8-13(12)15(14)20/h5-11,20H,1-4H3,(H,19,21)/t11-/m0/s1. The first-order valence-electron chi connectivity index (χ1n) is 7.43. The minimum Gasteiger partial charge on any atom is -0.506 e. The van der Waals surface area contributed by atoms with Crippen LogP contribution in [0.2, 0.25) is 0 Å². The smallest absolute Gasteiger partial charge is 0.342 e. The first-order valence-corrected chi connectivity index (χ1v) is 7.43. The van der Waals surface area contributed by atoms with Gasteiger partial charge in [-0.2, -0.15) is 0 Å². The maximum Gasteiger partial charge on any atom is 0.342 e. The molecular formula is C18H21NO4. The number of benzene rings is 2. The van der Waals surface area contributed by atoms with E-state index in [0.29, 0.717) is 5.39 Å². The zero-order valence-corrected chi connectivity index (χ0v) is 13.7. The molecule has 122 valence electrons. The van der Waals surface area contributed by atoms with Gasteiger partial charge < -0.3 is 15.2 Å². The fourth-order valence-electron chi connectivity index (χ4n) is 2.17. The zero-order valence-electron chi connectivity index (χ0n) is 13.7. The summed E-state index contributed by atoms with van der Waals surface area (Å²) in [6.07, 6.45) is -0.951. The van der Waals surface area contributed by atoms with Crippen LogP contribution in [0.15, 0.2) is 36.4 Å². The van der Waals surface area contributed by atoms with Crippen molar-refractivity contribution in [3.8, 4) is 5.75 Å². The minimum atomic E-state index is -0.951. The molecule has 5 heteroatoms. The van der Waals surface area contributed by atoms with Crippen LogP contribution in [0.1, 0.15) is 38.1 Å². The Labute approximate surface area is 135 Å². The molecule has 0 aromatic heterocycles. The molecule has 2 N–H and O–H groups in total. The van der Waals surface area contributed by atoms with Crippen molar-refractivity contribution < 1.29 is 19.4 Å². The third-order valence-corrected chi connectivity index (χ3v) is 3.27. The summed E-state index contributed by atoms with van der Waals surface area (Å²) in [6, 6.07) is 10.4. The van der Waals surface area contributed by atoms with E-state index in [2.05, 4.69) is 5.32 Å². The number of ether oxygens (including phenoxy) is 1. The fraction of sp³-hybridized carbons (Fsp3) is 0.333. The molecule has 0 heterocycles. The number of nitrogens with one attached hydrogen (secondary N) is 1. The molecule has 0 saturated carbocycles. The van der Waals surface area contributed by atoms with E-state index in [4.69, 9.17) is 4.74 Å². The molecule has 5 nitrogen and oxygen atoms in total. The topological polar surface area (TPSA) is 75.6 Å². The summed E-state index contributed by atoms with van der Waals surface area (Å²) in [5.74, 6) is -1.26. The molecule has 2 aromatic rings. The summed E-state index contributed by atoms with van der Waals surface area (Å²) in [7, 11) is 0. The number of amides is 1. The first-order chi connectivity index (χ1) is 10.7. The molecule has 1 atom stereocenters. The number of phenols is 1. The van der Waals surface area contributed by atoms with Crippen LogP contribution in [0.5, 0.6) is 5.75 Å². The summed E-state index contributed by atoms with van der Waals surface area (Å²) in [6.45, 7) is 7.02. The number of phenolic OH excluding ortho intramolecular Hbond substituents is 1. The molecule has 2 rings (SSSR count). The van der Waals surface area contributed by atoms with Crippen molar-refractivity contribution in [3.05, 3.63) is 42.0 Å². The highest BCUT2D eigenvalue weighted by Crippen LogP contribution is 2.29. The highest BCUT2D eigenvalue weighted by molar-refractivity contribution is 6.01.